The molecule has 4 rings (SSSR count). The lowest BCUT2D eigenvalue weighted by atomic mass is 9.82. The second kappa shape index (κ2) is 7.12. The lowest BCUT2D eigenvalue weighted by Gasteiger charge is -2.45. The van der Waals surface area contributed by atoms with Crippen LogP contribution >= 0.6 is 0 Å². The predicted molar refractivity (Wildman–Crippen MR) is 112 cm³/mol. The van der Waals surface area contributed by atoms with Crippen molar-refractivity contribution >= 4 is 17.3 Å². The normalized spacial score (nSPS) is 23.9. The third-order valence-corrected chi connectivity index (χ3v) is 6.36. The second-order valence-corrected chi connectivity index (χ2v) is 8.20. The number of amides is 1. The molecule has 148 valence electrons. The maximum absolute atomic E-state index is 12.6. The van der Waals surface area contributed by atoms with Crippen molar-refractivity contribution < 1.29 is 9.53 Å². The van der Waals surface area contributed by atoms with Crippen LogP contribution in [-0.2, 0) is 4.79 Å². The van der Waals surface area contributed by atoms with Crippen molar-refractivity contribution in [2.75, 3.05) is 17.3 Å². The van der Waals surface area contributed by atoms with E-state index in [9.17, 15) is 4.79 Å². The highest BCUT2D eigenvalue weighted by Crippen LogP contribution is 2.50. The number of carbonyl (C=O) groups is 1. The molecule has 1 aliphatic heterocycles. The van der Waals surface area contributed by atoms with Crippen molar-refractivity contribution in [1.82, 2.24) is 4.98 Å². The maximum Gasteiger partial charge on any atom is 0.224 e. The Morgan fingerprint density at radius 3 is 2.61 bits per heavy atom. The molecule has 0 bridgehead atoms. The first kappa shape index (κ1) is 18.8. The fraction of sp³-hybridized carbons (Fsp3) is 0.478. The molecule has 1 aromatic carbocycles. The highest BCUT2D eigenvalue weighted by atomic mass is 16.5. The molecule has 5 heteroatoms. The number of hydrogen-bond donors (Lipinski definition) is 1. The summed E-state index contributed by atoms with van der Waals surface area (Å²) >= 11 is 0. The van der Waals surface area contributed by atoms with Gasteiger partial charge >= 0.3 is 0 Å². The van der Waals surface area contributed by atoms with Crippen molar-refractivity contribution in [3.8, 4) is 5.88 Å². The van der Waals surface area contributed by atoms with Crippen LogP contribution < -0.4 is 15.0 Å². The van der Waals surface area contributed by atoms with Gasteiger partial charge in [0.1, 0.15) is 0 Å². The summed E-state index contributed by atoms with van der Waals surface area (Å²) in [5.74, 6) is 1.47. The van der Waals surface area contributed by atoms with Gasteiger partial charge in [0.2, 0.25) is 11.8 Å². The van der Waals surface area contributed by atoms with E-state index >= 15 is 0 Å². The molecule has 1 saturated carbocycles. The summed E-state index contributed by atoms with van der Waals surface area (Å²) in [6, 6.07) is 10.4. The van der Waals surface area contributed by atoms with Crippen LogP contribution in [0.2, 0.25) is 0 Å². The number of aryl methyl sites for hydroxylation is 1. The summed E-state index contributed by atoms with van der Waals surface area (Å²) in [4.78, 5) is 19.4. The van der Waals surface area contributed by atoms with E-state index < -0.39 is 0 Å². The molecule has 1 amide bonds. The minimum Gasteiger partial charge on any atom is -0.481 e. The third kappa shape index (κ3) is 3.13. The molecule has 1 aliphatic carbocycles. The topological polar surface area (TPSA) is 54.5 Å². The van der Waals surface area contributed by atoms with Gasteiger partial charge in [0.05, 0.1) is 24.5 Å². The van der Waals surface area contributed by atoms with Gasteiger partial charge in [-0.05, 0) is 55.9 Å². The number of nitrogens with zero attached hydrogens (tertiary/aromatic N) is 2. The largest absolute Gasteiger partial charge is 0.481 e. The Morgan fingerprint density at radius 1 is 1.21 bits per heavy atom. The first-order valence-corrected chi connectivity index (χ1v) is 10.1. The summed E-state index contributed by atoms with van der Waals surface area (Å²) in [7, 11) is 1.63. The van der Waals surface area contributed by atoms with Crippen molar-refractivity contribution in [3.63, 3.8) is 0 Å². The number of fused-ring (bicyclic) bond motifs is 1. The molecule has 2 aliphatic rings. The molecular formula is C23H29N3O2. The minimum atomic E-state index is 0.0202. The van der Waals surface area contributed by atoms with E-state index in [2.05, 4.69) is 44.3 Å². The van der Waals surface area contributed by atoms with Crippen LogP contribution in [-0.4, -0.2) is 24.0 Å². The highest BCUT2D eigenvalue weighted by molar-refractivity contribution is 5.94. The van der Waals surface area contributed by atoms with Crippen molar-refractivity contribution in [1.29, 1.82) is 0 Å². The van der Waals surface area contributed by atoms with Gasteiger partial charge < -0.3 is 15.0 Å². The summed E-state index contributed by atoms with van der Waals surface area (Å²) in [5.41, 5.74) is 5.43. The average molecular weight is 380 g/mol. The SMILES string of the molecule is COc1ccc2c(n1)C(Nc1cccc(C)c1C)C(C)C(C1CC1)N2C(C)=O. The van der Waals surface area contributed by atoms with E-state index in [1.165, 1.54) is 24.0 Å². The highest BCUT2D eigenvalue weighted by Gasteiger charge is 2.48. The first-order valence-electron chi connectivity index (χ1n) is 10.1. The predicted octanol–water partition coefficient (Wildman–Crippen LogP) is 4.64. The van der Waals surface area contributed by atoms with E-state index in [-0.39, 0.29) is 23.9 Å². The lowest BCUT2D eigenvalue weighted by molar-refractivity contribution is -0.117. The van der Waals surface area contributed by atoms with Crippen molar-refractivity contribution in [2.24, 2.45) is 11.8 Å². The molecule has 2 aromatic rings. The maximum atomic E-state index is 12.6. The molecular weight excluding hydrogens is 350 g/mol. The summed E-state index contributed by atoms with van der Waals surface area (Å²) in [6.07, 6.45) is 2.38. The molecule has 1 fully saturated rings. The molecule has 1 aromatic heterocycles. The lowest BCUT2D eigenvalue weighted by Crippen LogP contribution is -2.51. The Bertz CT molecular complexity index is 907. The second-order valence-electron chi connectivity index (χ2n) is 8.20. The number of hydrogen-bond acceptors (Lipinski definition) is 4. The molecule has 28 heavy (non-hydrogen) atoms. The summed E-state index contributed by atoms with van der Waals surface area (Å²) < 4.78 is 5.40. The fourth-order valence-electron chi connectivity index (χ4n) is 4.57. The Morgan fingerprint density at radius 2 is 1.96 bits per heavy atom. The van der Waals surface area contributed by atoms with Crippen LogP contribution in [0.3, 0.4) is 0 Å². The molecule has 2 heterocycles. The number of aromatic nitrogens is 1. The van der Waals surface area contributed by atoms with E-state index in [0.29, 0.717) is 11.8 Å². The molecule has 3 unspecified atom stereocenters. The summed E-state index contributed by atoms with van der Waals surface area (Å²) in [5, 5.41) is 3.76. The Balaban J connectivity index is 1.83. The van der Waals surface area contributed by atoms with Crippen LogP contribution in [0.1, 0.15) is 49.6 Å². The monoisotopic (exact) mass is 379 g/mol. The van der Waals surface area contributed by atoms with Gasteiger partial charge in [-0.2, -0.15) is 0 Å². The molecule has 5 nitrogen and oxygen atoms in total. The molecule has 0 radical (unpaired) electrons. The van der Waals surface area contributed by atoms with Crippen LogP contribution in [0.4, 0.5) is 11.4 Å². The minimum absolute atomic E-state index is 0.0202. The third-order valence-electron chi connectivity index (χ3n) is 6.36. The van der Waals surface area contributed by atoms with E-state index in [0.717, 1.165) is 17.1 Å². The molecule has 3 atom stereocenters. The summed E-state index contributed by atoms with van der Waals surface area (Å²) in [6.45, 7) is 8.18. The zero-order valence-corrected chi connectivity index (χ0v) is 17.3. The Labute approximate surface area is 167 Å². The van der Waals surface area contributed by atoms with Crippen LogP contribution in [0, 0.1) is 25.7 Å². The number of rotatable bonds is 4. The number of methoxy groups -OCH3 is 1. The Kier molecular flexibility index (Phi) is 4.77. The van der Waals surface area contributed by atoms with E-state index in [1.54, 1.807) is 14.0 Å². The van der Waals surface area contributed by atoms with Gasteiger partial charge in [-0.25, -0.2) is 4.98 Å². The molecule has 0 saturated heterocycles. The number of anilines is 2. The number of carbonyl (C=O) groups excluding carboxylic acids is 1. The smallest absolute Gasteiger partial charge is 0.224 e. The van der Waals surface area contributed by atoms with Crippen LogP contribution in [0.5, 0.6) is 5.88 Å². The van der Waals surface area contributed by atoms with Crippen LogP contribution in [0.25, 0.3) is 0 Å². The van der Waals surface area contributed by atoms with Gasteiger partial charge in [0.25, 0.3) is 0 Å². The first-order chi connectivity index (χ1) is 13.4. The van der Waals surface area contributed by atoms with E-state index in [1.807, 2.05) is 17.0 Å². The van der Waals surface area contributed by atoms with Crippen molar-refractivity contribution in [3.05, 3.63) is 47.2 Å². The molecule has 0 spiro atoms. The van der Waals surface area contributed by atoms with Crippen molar-refractivity contribution in [2.45, 2.75) is 52.6 Å². The average Bonchev–Trinajstić information content (AvgIpc) is 3.51. The van der Waals surface area contributed by atoms with Gasteiger partial charge in [-0.1, -0.05) is 19.1 Å². The van der Waals surface area contributed by atoms with E-state index in [4.69, 9.17) is 9.72 Å². The quantitative estimate of drug-likeness (QED) is 0.841. The van der Waals surface area contributed by atoms with Gasteiger partial charge in [0.15, 0.2) is 0 Å². The molecule has 1 N–H and O–H groups in total. The van der Waals surface area contributed by atoms with Crippen LogP contribution in [0.15, 0.2) is 30.3 Å². The zero-order chi connectivity index (χ0) is 20.0. The fourth-order valence-corrected chi connectivity index (χ4v) is 4.57. The number of nitrogens with one attached hydrogen (secondary N) is 1. The Hall–Kier alpha value is -2.56. The van der Waals surface area contributed by atoms with Gasteiger partial charge in [0, 0.05) is 30.6 Å². The van der Waals surface area contributed by atoms with Gasteiger partial charge in [-0.15, -0.1) is 0 Å². The standard InChI is InChI=1S/C23H29N3O2/c1-13-7-6-8-18(14(13)2)24-21-15(3)23(17-9-10-17)26(16(4)27)19-11-12-20(28-5)25-22(19)21/h6-8,11-12,15,17,21,23-24H,9-10H2,1-5H3. The number of benzene rings is 1. The van der Waals surface area contributed by atoms with Gasteiger partial charge in [-0.3, -0.25) is 4.79 Å². The number of ether oxygens (including phenoxy) is 1. The zero-order valence-electron chi connectivity index (χ0n) is 17.3. The number of pyridine rings is 1.